The molecule has 8 nitrogen and oxygen atoms in total. The van der Waals surface area contributed by atoms with E-state index in [2.05, 4.69) is 15.3 Å². The van der Waals surface area contributed by atoms with Crippen molar-refractivity contribution in [3.05, 3.63) is 64.7 Å². The van der Waals surface area contributed by atoms with Crippen LogP contribution in [0.4, 0.5) is 0 Å². The number of aryl methyl sites for hydroxylation is 1. The van der Waals surface area contributed by atoms with E-state index in [1.165, 1.54) is 4.68 Å². The lowest BCUT2D eigenvalue weighted by molar-refractivity contribution is -0.132. The maximum atomic E-state index is 12.7. The summed E-state index contributed by atoms with van der Waals surface area (Å²) in [5.74, 6) is 1.37. The molecule has 3 heterocycles. The zero-order valence-electron chi connectivity index (χ0n) is 16.5. The Morgan fingerprint density at radius 1 is 1.03 bits per heavy atom. The third-order valence-electron chi connectivity index (χ3n) is 5.81. The predicted octanol–water partition coefficient (Wildman–Crippen LogP) is 2.46. The number of carbonyl (C=O) groups excluding carboxylic acids is 1. The van der Waals surface area contributed by atoms with Crippen molar-refractivity contribution in [1.82, 2.24) is 29.9 Å². The summed E-state index contributed by atoms with van der Waals surface area (Å²) in [6.07, 6.45) is 1.99. The number of imidazole rings is 1. The van der Waals surface area contributed by atoms with E-state index in [0.717, 1.165) is 29.7 Å². The van der Waals surface area contributed by atoms with Crippen LogP contribution in [0.25, 0.3) is 21.9 Å². The molecule has 1 aliphatic heterocycles. The molecule has 0 bridgehead atoms. The van der Waals surface area contributed by atoms with Crippen molar-refractivity contribution in [2.24, 2.45) is 0 Å². The fourth-order valence-corrected chi connectivity index (χ4v) is 4.10. The molecule has 0 spiro atoms. The van der Waals surface area contributed by atoms with E-state index in [-0.39, 0.29) is 24.4 Å². The van der Waals surface area contributed by atoms with Gasteiger partial charge >= 0.3 is 0 Å². The summed E-state index contributed by atoms with van der Waals surface area (Å²) in [5.41, 5.74) is 2.38. The third kappa shape index (κ3) is 3.45. The summed E-state index contributed by atoms with van der Waals surface area (Å²) in [6.45, 7) is 1.62. The highest BCUT2D eigenvalue weighted by Gasteiger charge is 2.25. The molecule has 0 radical (unpaired) electrons. The normalized spacial score (nSPS) is 15.1. The number of fused-ring (bicyclic) bond motifs is 2. The van der Waals surface area contributed by atoms with Gasteiger partial charge in [-0.1, -0.05) is 29.5 Å². The predicted molar refractivity (Wildman–Crippen MR) is 113 cm³/mol. The van der Waals surface area contributed by atoms with E-state index in [0.29, 0.717) is 29.9 Å². The SMILES string of the molecule is O=C(CCn1nnc2ccccc2c1=O)N1CCC(c2nc3ccccc3[nH]2)CC1. The van der Waals surface area contributed by atoms with Crippen LogP contribution in [0.1, 0.15) is 31.0 Å². The number of carbonyl (C=O) groups is 1. The largest absolute Gasteiger partial charge is 0.343 e. The first-order valence-corrected chi connectivity index (χ1v) is 10.2. The Morgan fingerprint density at radius 3 is 2.57 bits per heavy atom. The van der Waals surface area contributed by atoms with Gasteiger partial charge < -0.3 is 9.88 Å². The van der Waals surface area contributed by atoms with E-state index in [4.69, 9.17) is 4.98 Å². The fraction of sp³-hybridized carbons (Fsp3) is 0.318. The smallest absolute Gasteiger partial charge is 0.277 e. The molecular weight excluding hydrogens is 380 g/mol. The number of piperidine rings is 1. The topological polar surface area (TPSA) is 96.8 Å². The molecule has 8 heteroatoms. The maximum absolute atomic E-state index is 12.7. The highest BCUT2D eigenvalue weighted by atomic mass is 16.2. The number of H-pyrrole nitrogens is 1. The van der Waals surface area contributed by atoms with Gasteiger partial charge in [-0.25, -0.2) is 9.67 Å². The van der Waals surface area contributed by atoms with Gasteiger partial charge in [0.25, 0.3) is 5.56 Å². The first-order valence-electron chi connectivity index (χ1n) is 10.2. The maximum Gasteiger partial charge on any atom is 0.277 e. The monoisotopic (exact) mass is 402 g/mol. The van der Waals surface area contributed by atoms with E-state index < -0.39 is 0 Å². The van der Waals surface area contributed by atoms with E-state index in [9.17, 15) is 9.59 Å². The van der Waals surface area contributed by atoms with Gasteiger partial charge in [-0.3, -0.25) is 9.59 Å². The van der Waals surface area contributed by atoms with Crippen molar-refractivity contribution < 1.29 is 4.79 Å². The summed E-state index contributed by atoms with van der Waals surface area (Å²) in [6, 6.07) is 15.1. The molecule has 30 heavy (non-hydrogen) atoms. The zero-order valence-corrected chi connectivity index (χ0v) is 16.5. The van der Waals surface area contributed by atoms with Gasteiger partial charge in [-0.2, -0.15) is 0 Å². The van der Waals surface area contributed by atoms with Crippen LogP contribution in [0.15, 0.2) is 53.3 Å². The number of aromatic nitrogens is 5. The molecule has 0 saturated carbocycles. The number of benzene rings is 2. The second-order valence-corrected chi connectivity index (χ2v) is 7.68. The van der Waals surface area contributed by atoms with Crippen molar-refractivity contribution in [3.8, 4) is 0 Å². The van der Waals surface area contributed by atoms with Crippen LogP contribution in [0, 0.1) is 0 Å². The van der Waals surface area contributed by atoms with Gasteiger partial charge in [0.15, 0.2) is 0 Å². The first-order chi connectivity index (χ1) is 14.7. The number of rotatable bonds is 4. The standard InChI is InChI=1S/C22H22N6O2/c29-20(11-14-28-22(30)16-5-1-2-6-17(16)25-26-28)27-12-9-15(10-13-27)21-23-18-7-3-4-8-19(18)24-21/h1-8,15H,9-14H2,(H,23,24). The van der Waals surface area contributed by atoms with Gasteiger partial charge in [0.2, 0.25) is 5.91 Å². The number of hydrogen-bond donors (Lipinski definition) is 1. The van der Waals surface area contributed by atoms with Crippen molar-refractivity contribution in [2.45, 2.75) is 31.7 Å². The first kappa shape index (κ1) is 18.5. The minimum Gasteiger partial charge on any atom is -0.343 e. The molecule has 2 aromatic carbocycles. The summed E-state index contributed by atoms with van der Waals surface area (Å²) >= 11 is 0. The summed E-state index contributed by atoms with van der Waals surface area (Å²) in [4.78, 5) is 35.2. The Hall–Kier alpha value is -3.55. The van der Waals surface area contributed by atoms with Crippen molar-refractivity contribution in [1.29, 1.82) is 0 Å². The van der Waals surface area contributed by atoms with Gasteiger partial charge in [-0.15, -0.1) is 5.10 Å². The highest BCUT2D eigenvalue weighted by Crippen LogP contribution is 2.27. The van der Waals surface area contributed by atoms with Crippen molar-refractivity contribution in [2.75, 3.05) is 13.1 Å². The van der Waals surface area contributed by atoms with E-state index in [1.54, 1.807) is 18.2 Å². The lowest BCUT2D eigenvalue weighted by Gasteiger charge is -2.31. The van der Waals surface area contributed by atoms with E-state index in [1.807, 2.05) is 35.2 Å². The average molecular weight is 402 g/mol. The Balaban J connectivity index is 1.20. The van der Waals surface area contributed by atoms with Crippen LogP contribution in [0.3, 0.4) is 0 Å². The number of nitrogens with zero attached hydrogens (tertiary/aromatic N) is 5. The second kappa shape index (κ2) is 7.70. The molecule has 0 atom stereocenters. The molecule has 1 saturated heterocycles. The molecule has 1 N–H and O–H groups in total. The summed E-state index contributed by atoms with van der Waals surface area (Å²) < 4.78 is 1.28. The number of aromatic amines is 1. The molecule has 1 fully saturated rings. The molecular formula is C22H22N6O2. The van der Waals surface area contributed by atoms with Crippen LogP contribution in [-0.4, -0.2) is 48.9 Å². The van der Waals surface area contributed by atoms with Crippen LogP contribution < -0.4 is 5.56 Å². The lowest BCUT2D eigenvalue weighted by Crippen LogP contribution is -2.39. The van der Waals surface area contributed by atoms with Crippen molar-refractivity contribution in [3.63, 3.8) is 0 Å². The fourth-order valence-electron chi connectivity index (χ4n) is 4.10. The number of likely N-dealkylation sites (tertiary alicyclic amines) is 1. The highest BCUT2D eigenvalue weighted by molar-refractivity contribution is 5.77. The Labute approximate surface area is 172 Å². The zero-order chi connectivity index (χ0) is 20.5. The molecule has 0 aliphatic carbocycles. The number of nitrogens with one attached hydrogen (secondary N) is 1. The van der Waals surface area contributed by atoms with E-state index >= 15 is 0 Å². The average Bonchev–Trinajstić information content (AvgIpc) is 3.23. The van der Waals surface area contributed by atoms with Crippen LogP contribution in [-0.2, 0) is 11.3 Å². The van der Waals surface area contributed by atoms with Gasteiger partial charge in [0.05, 0.1) is 23.0 Å². The summed E-state index contributed by atoms with van der Waals surface area (Å²) in [5, 5.41) is 8.56. The number of amides is 1. The Kier molecular flexibility index (Phi) is 4.74. The van der Waals surface area contributed by atoms with Crippen LogP contribution in [0.2, 0.25) is 0 Å². The van der Waals surface area contributed by atoms with Gasteiger partial charge in [0, 0.05) is 25.4 Å². The third-order valence-corrected chi connectivity index (χ3v) is 5.81. The Morgan fingerprint density at radius 2 is 1.77 bits per heavy atom. The molecule has 5 rings (SSSR count). The quantitative estimate of drug-likeness (QED) is 0.566. The lowest BCUT2D eigenvalue weighted by atomic mass is 9.96. The minimum absolute atomic E-state index is 0.0416. The van der Waals surface area contributed by atoms with Crippen molar-refractivity contribution >= 4 is 27.8 Å². The molecule has 0 unspecified atom stereocenters. The molecule has 2 aromatic heterocycles. The molecule has 1 amide bonds. The summed E-state index contributed by atoms with van der Waals surface area (Å²) in [7, 11) is 0. The molecule has 4 aromatic rings. The minimum atomic E-state index is -0.211. The number of para-hydroxylation sites is 2. The number of hydrogen-bond acceptors (Lipinski definition) is 5. The second-order valence-electron chi connectivity index (χ2n) is 7.68. The molecule has 152 valence electrons. The Bertz CT molecular complexity index is 1240. The van der Waals surface area contributed by atoms with Gasteiger partial charge in [-0.05, 0) is 37.1 Å². The van der Waals surface area contributed by atoms with Crippen LogP contribution >= 0.6 is 0 Å². The van der Waals surface area contributed by atoms with Crippen LogP contribution in [0.5, 0.6) is 0 Å². The van der Waals surface area contributed by atoms with Gasteiger partial charge in [0.1, 0.15) is 11.3 Å². The molecule has 1 aliphatic rings.